The zero-order valence-corrected chi connectivity index (χ0v) is 12.4. The van der Waals surface area contributed by atoms with Crippen molar-refractivity contribution in [3.63, 3.8) is 0 Å². The van der Waals surface area contributed by atoms with Crippen molar-refractivity contribution in [3.05, 3.63) is 24.3 Å². The van der Waals surface area contributed by atoms with E-state index in [0.717, 1.165) is 19.3 Å². The van der Waals surface area contributed by atoms with Gasteiger partial charge in [-0.1, -0.05) is 38.3 Å². The van der Waals surface area contributed by atoms with Crippen LogP contribution in [0, 0.1) is 5.92 Å². The van der Waals surface area contributed by atoms with Crippen LogP contribution in [0.15, 0.2) is 29.2 Å². The summed E-state index contributed by atoms with van der Waals surface area (Å²) in [7, 11) is 0. The number of para-hydroxylation sites is 1. The third-order valence-electron chi connectivity index (χ3n) is 3.89. The van der Waals surface area contributed by atoms with E-state index in [0.29, 0.717) is 17.6 Å². The van der Waals surface area contributed by atoms with E-state index in [1.54, 1.807) is 18.2 Å². The van der Waals surface area contributed by atoms with Crippen molar-refractivity contribution in [3.8, 4) is 0 Å². The quantitative estimate of drug-likeness (QED) is 0.718. The van der Waals surface area contributed by atoms with Gasteiger partial charge in [0.15, 0.2) is 0 Å². The molecule has 1 saturated carbocycles. The van der Waals surface area contributed by atoms with E-state index in [9.17, 15) is 13.2 Å². The molecule has 1 aromatic carbocycles. The minimum absolute atomic E-state index is 0.0377. The first-order valence-electron chi connectivity index (χ1n) is 7.11. The number of hydrogen-bond acceptors (Lipinski definition) is 2. The lowest BCUT2D eigenvalue weighted by Crippen LogP contribution is -2.32. The van der Waals surface area contributed by atoms with Gasteiger partial charge in [0.05, 0.1) is 0 Å². The van der Waals surface area contributed by atoms with Crippen molar-refractivity contribution in [2.45, 2.75) is 55.5 Å². The van der Waals surface area contributed by atoms with Crippen LogP contribution in [0.1, 0.15) is 39.0 Å². The first kappa shape index (κ1) is 15.5. The Morgan fingerprint density at radius 2 is 1.90 bits per heavy atom. The van der Waals surface area contributed by atoms with Crippen LogP contribution in [0.4, 0.5) is 18.9 Å². The van der Waals surface area contributed by atoms with Gasteiger partial charge in [-0.25, -0.2) is 0 Å². The van der Waals surface area contributed by atoms with Gasteiger partial charge in [-0.05, 0) is 42.7 Å². The number of benzene rings is 1. The van der Waals surface area contributed by atoms with Gasteiger partial charge >= 0.3 is 5.51 Å². The highest BCUT2D eigenvalue weighted by Gasteiger charge is 2.31. The maximum Gasteiger partial charge on any atom is 0.446 e. The average molecular weight is 303 g/mol. The van der Waals surface area contributed by atoms with Gasteiger partial charge in [0.2, 0.25) is 0 Å². The first-order chi connectivity index (χ1) is 9.49. The van der Waals surface area contributed by atoms with E-state index in [4.69, 9.17) is 0 Å². The van der Waals surface area contributed by atoms with E-state index in [-0.39, 0.29) is 16.7 Å². The summed E-state index contributed by atoms with van der Waals surface area (Å²) in [6.07, 6.45) is 5.68. The van der Waals surface area contributed by atoms with Gasteiger partial charge in [-0.2, -0.15) is 13.2 Å². The largest absolute Gasteiger partial charge is 0.446 e. The summed E-state index contributed by atoms with van der Waals surface area (Å²) in [6.45, 7) is 2.15. The molecule has 112 valence electrons. The predicted molar refractivity (Wildman–Crippen MR) is 78.0 cm³/mol. The number of nitrogens with one attached hydrogen (secondary N) is 1. The van der Waals surface area contributed by atoms with Crippen molar-refractivity contribution < 1.29 is 13.2 Å². The summed E-state index contributed by atoms with van der Waals surface area (Å²) in [5.74, 6) is 0.563. The van der Waals surface area contributed by atoms with Crippen LogP contribution >= 0.6 is 11.8 Å². The topological polar surface area (TPSA) is 12.0 Å². The van der Waals surface area contributed by atoms with Crippen LogP contribution < -0.4 is 5.32 Å². The lowest BCUT2D eigenvalue weighted by atomic mass is 9.83. The fourth-order valence-electron chi connectivity index (χ4n) is 2.89. The molecule has 1 nitrogen and oxygen atoms in total. The standard InChI is InChI=1S/C15H20F3NS/c1-2-11-7-3-4-8-12(11)19-13-9-5-6-10-14(13)20-15(16,17)18/h5-6,9-12,19H,2-4,7-8H2,1H3. The van der Waals surface area contributed by atoms with Gasteiger partial charge < -0.3 is 5.32 Å². The Labute approximate surface area is 122 Å². The third-order valence-corrected chi connectivity index (χ3v) is 4.69. The highest BCUT2D eigenvalue weighted by molar-refractivity contribution is 8.00. The Hall–Kier alpha value is -0.840. The molecule has 1 aliphatic carbocycles. The van der Waals surface area contributed by atoms with Crippen LogP contribution in [-0.4, -0.2) is 11.6 Å². The molecule has 5 heteroatoms. The molecule has 20 heavy (non-hydrogen) atoms. The van der Waals surface area contributed by atoms with Gasteiger partial charge in [-0.3, -0.25) is 0 Å². The lowest BCUT2D eigenvalue weighted by molar-refractivity contribution is -0.0327. The second-order valence-corrected chi connectivity index (χ2v) is 6.35. The van der Waals surface area contributed by atoms with Gasteiger partial charge in [-0.15, -0.1) is 0 Å². The van der Waals surface area contributed by atoms with E-state index >= 15 is 0 Å². The SMILES string of the molecule is CCC1CCCCC1Nc1ccccc1SC(F)(F)F. The molecule has 2 rings (SSSR count). The molecule has 0 aromatic heterocycles. The maximum atomic E-state index is 12.6. The molecule has 0 saturated heterocycles. The highest BCUT2D eigenvalue weighted by Crippen LogP contribution is 2.41. The van der Waals surface area contributed by atoms with E-state index in [1.165, 1.54) is 18.9 Å². The number of anilines is 1. The molecular formula is C15H20F3NS. The Bertz CT molecular complexity index is 433. The van der Waals surface area contributed by atoms with Crippen LogP contribution in [0.5, 0.6) is 0 Å². The van der Waals surface area contributed by atoms with Crippen LogP contribution in [-0.2, 0) is 0 Å². The molecule has 2 atom stereocenters. The fourth-order valence-corrected chi connectivity index (χ4v) is 3.52. The third kappa shape index (κ3) is 4.33. The molecule has 1 aliphatic rings. The summed E-state index contributed by atoms with van der Waals surface area (Å²) < 4.78 is 37.7. The minimum Gasteiger partial charge on any atom is -0.381 e. The normalized spacial score (nSPS) is 23.6. The maximum absolute atomic E-state index is 12.6. The van der Waals surface area contributed by atoms with E-state index < -0.39 is 5.51 Å². The summed E-state index contributed by atoms with van der Waals surface area (Å²) in [5, 5.41) is 3.35. The van der Waals surface area contributed by atoms with Gasteiger partial charge in [0.1, 0.15) is 0 Å². The molecule has 0 spiro atoms. The number of thioether (sulfide) groups is 1. The first-order valence-corrected chi connectivity index (χ1v) is 7.92. The Morgan fingerprint density at radius 3 is 2.60 bits per heavy atom. The molecule has 0 amide bonds. The Kier molecular flexibility index (Phi) is 5.24. The van der Waals surface area contributed by atoms with E-state index in [2.05, 4.69) is 12.2 Å². The molecular weight excluding hydrogens is 283 g/mol. The molecule has 1 fully saturated rings. The van der Waals surface area contributed by atoms with Crippen molar-refractivity contribution in [2.24, 2.45) is 5.92 Å². The van der Waals surface area contributed by atoms with Gasteiger partial charge in [0, 0.05) is 16.6 Å². The monoisotopic (exact) mass is 303 g/mol. The second-order valence-electron chi connectivity index (χ2n) is 5.25. The second kappa shape index (κ2) is 6.74. The zero-order chi connectivity index (χ0) is 14.6. The smallest absolute Gasteiger partial charge is 0.381 e. The lowest BCUT2D eigenvalue weighted by Gasteiger charge is -2.32. The predicted octanol–water partition coefficient (Wildman–Crippen LogP) is 5.68. The molecule has 2 unspecified atom stereocenters. The summed E-state index contributed by atoms with van der Waals surface area (Å²) >= 11 is -0.0377. The van der Waals surface area contributed by atoms with Crippen LogP contribution in [0.25, 0.3) is 0 Å². The number of rotatable bonds is 4. The molecule has 1 aromatic rings. The highest BCUT2D eigenvalue weighted by atomic mass is 32.2. The van der Waals surface area contributed by atoms with Crippen molar-refractivity contribution >= 4 is 17.4 Å². The summed E-state index contributed by atoms with van der Waals surface area (Å²) in [4.78, 5) is 0.264. The minimum atomic E-state index is -4.24. The Balaban J connectivity index is 2.12. The average Bonchev–Trinajstić information content (AvgIpc) is 2.40. The molecule has 0 aliphatic heterocycles. The van der Waals surface area contributed by atoms with Crippen molar-refractivity contribution in [1.29, 1.82) is 0 Å². The molecule has 0 bridgehead atoms. The van der Waals surface area contributed by atoms with Crippen molar-refractivity contribution in [1.82, 2.24) is 0 Å². The number of halogens is 3. The summed E-state index contributed by atoms with van der Waals surface area (Å²) in [6, 6.07) is 7.01. The summed E-state index contributed by atoms with van der Waals surface area (Å²) in [5.41, 5.74) is -3.63. The molecule has 0 radical (unpaired) electrons. The number of hydrogen-bond donors (Lipinski definition) is 1. The van der Waals surface area contributed by atoms with Gasteiger partial charge in [0.25, 0.3) is 0 Å². The number of alkyl halides is 3. The van der Waals surface area contributed by atoms with Crippen LogP contribution in [0.2, 0.25) is 0 Å². The molecule has 1 N–H and O–H groups in total. The van der Waals surface area contributed by atoms with Crippen molar-refractivity contribution in [2.75, 3.05) is 5.32 Å². The van der Waals surface area contributed by atoms with E-state index in [1.807, 2.05) is 0 Å². The fraction of sp³-hybridized carbons (Fsp3) is 0.600. The molecule has 0 heterocycles. The zero-order valence-electron chi connectivity index (χ0n) is 11.5. The van der Waals surface area contributed by atoms with Crippen LogP contribution in [0.3, 0.4) is 0 Å². The Morgan fingerprint density at radius 1 is 1.20 bits per heavy atom.